The number of benzene rings is 2. The fraction of sp³-hybridized carbons (Fsp3) is 0.0476. The molecule has 7 heteroatoms. The molecule has 0 spiro atoms. The summed E-state index contributed by atoms with van der Waals surface area (Å²) < 4.78 is 37.7. The summed E-state index contributed by atoms with van der Waals surface area (Å²) in [6.45, 7) is 0. The molecule has 0 radical (unpaired) electrons. The third-order valence-corrected chi connectivity index (χ3v) is 4.30. The number of alkyl halides is 3. The van der Waals surface area contributed by atoms with Crippen LogP contribution in [0, 0.1) is 0 Å². The van der Waals surface area contributed by atoms with Crippen LogP contribution in [0.1, 0.15) is 11.3 Å². The topological polar surface area (TPSA) is 57.8 Å². The van der Waals surface area contributed by atoms with Crippen LogP contribution in [0.5, 0.6) is 0 Å². The van der Waals surface area contributed by atoms with Crippen LogP contribution in [0.4, 0.5) is 18.9 Å². The summed E-state index contributed by atoms with van der Waals surface area (Å²) in [4.78, 5) is 19.6. The third-order valence-electron chi connectivity index (χ3n) is 4.30. The number of carbonyl (C=O) groups is 1. The van der Waals surface area contributed by atoms with Crippen LogP contribution < -0.4 is 5.32 Å². The summed E-state index contributed by atoms with van der Waals surface area (Å²) in [6, 6.07) is 14.0. The molecule has 4 rings (SSSR count). The highest BCUT2D eigenvalue weighted by Crippen LogP contribution is 2.30. The van der Waals surface area contributed by atoms with E-state index in [0.29, 0.717) is 5.69 Å². The smallest absolute Gasteiger partial charge is 0.353 e. The third kappa shape index (κ3) is 3.59. The molecule has 1 amide bonds. The van der Waals surface area contributed by atoms with Crippen molar-refractivity contribution in [3.05, 3.63) is 78.1 Å². The van der Waals surface area contributed by atoms with Gasteiger partial charge in [0.2, 0.25) is 5.91 Å². The van der Waals surface area contributed by atoms with Crippen molar-refractivity contribution in [2.45, 2.75) is 6.18 Å². The second-order valence-corrected chi connectivity index (χ2v) is 6.22. The van der Waals surface area contributed by atoms with E-state index in [9.17, 15) is 18.0 Å². The minimum absolute atomic E-state index is 0.280. The molecule has 0 aliphatic carbocycles. The SMILES string of the molecule is O=C(/C=C/c1cc2c(cn1)[nH]c1ccccc12)Nc1ccc(C(F)(F)F)cc1. The first-order valence-electron chi connectivity index (χ1n) is 8.43. The number of aromatic nitrogens is 2. The molecule has 0 aliphatic heterocycles. The van der Waals surface area contributed by atoms with Crippen molar-refractivity contribution in [1.29, 1.82) is 0 Å². The van der Waals surface area contributed by atoms with Crippen LogP contribution in [0.25, 0.3) is 27.9 Å². The number of nitrogens with zero attached hydrogens (tertiary/aromatic N) is 1. The van der Waals surface area contributed by atoms with Crippen LogP contribution in [0.15, 0.2) is 66.9 Å². The van der Waals surface area contributed by atoms with Crippen molar-refractivity contribution < 1.29 is 18.0 Å². The maximum atomic E-state index is 12.6. The number of pyridine rings is 1. The van der Waals surface area contributed by atoms with E-state index in [1.807, 2.05) is 30.3 Å². The van der Waals surface area contributed by atoms with Gasteiger partial charge in [-0.25, -0.2) is 0 Å². The molecule has 2 aromatic carbocycles. The normalized spacial score (nSPS) is 12.1. The molecule has 0 saturated heterocycles. The molecule has 0 saturated carbocycles. The monoisotopic (exact) mass is 381 g/mol. The number of hydrogen-bond donors (Lipinski definition) is 2. The molecule has 4 aromatic rings. The largest absolute Gasteiger partial charge is 0.416 e. The van der Waals surface area contributed by atoms with Gasteiger partial charge in [0.1, 0.15) is 0 Å². The Hall–Kier alpha value is -3.61. The lowest BCUT2D eigenvalue weighted by Crippen LogP contribution is -2.09. The summed E-state index contributed by atoms with van der Waals surface area (Å²) in [7, 11) is 0. The summed E-state index contributed by atoms with van der Waals surface area (Å²) in [5.41, 5.74) is 2.01. The highest BCUT2D eigenvalue weighted by atomic mass is 19.4. The zero-order chi connectivity index (χ0) is 19.7. The minimum Gasteiger partial charge on any atom is -0.353 e. The number of halogens is 3. The van der Waals surface area contributed by atoms with E-state index in [1.54, 1.807) is 12.3 Å². The molecule has 28 heavy (non-hydrogen) atoms. The average molecular weight is 381 g/mol. The summed E-state index contributed by atoms with van der Waals surface area (Å²) in [6.07, 6.45) is 0.138. The highest BCUT2D eigenvalue weighted by molar-refractivity contribution is 6.07. The van der Waals surface area contributed by atoms with Crippen molar-refractivity contribution in [3.63, 3.8) is 0 Å². The molecule has 2 heterocycles. The van der Waals surface area contributed by atoms with E-state index in [2.05, 4.69) is 15.3 Å². The van der Waals surface area contributed by atoms with Gasteiger partial charge < -0.3 is 10.3 Å². The second-order valence-electron chi connectivity index (χ2n) is 6.22. The van der Waals surface area contributed by atoms with Crippen molar-refractivity contribution in [3.8, 4) is 0 Å². The molecule has 0 fully saturated rings. The lowest BCUT2D eigenvalue weighted by Gasteiger charge is -2.07. The van der Waals surface area contributed by atoms with Crippen molar-refractivity contribution in [1.82, 2.24) is 9.97 Å². The van der Waals surface area contributed by atoms with Crippen LogP contribution >= 0.6 is 0 Å². The molecule has 0 unspecified atom stereocenters. The Balaban J connectivity index is 1.50. The van der Waals surface area contributed by atoms with Gasteiger partial charge in [0, 0.05) is 28.1 Å². The van der Waals surface area contributed by atoms with Gasteiger partial charge in [-0.1, -0.05) is 18.2 Å². The van der Waals surface area contributed by atoms with E-state index < -0.39 is 17.6 Å². The van der Waals surface area contributed by atoms with Crippen molar-refractivity contribution >= 4 is 39.5 Å². The zero-order valence-electron chi connectivity index (χ0n) is 14.4. The molecule has 2 N–H and O–H groups in total. The number of rotatable bonds is 3. The molecule has 0 bridgehead atoms. The maximum absolute atomic E-state index is 12.6. The maximum Gasteiger partial charge on any atom is 0.416 e. The number of carbonyl (C=O) groups excluding carboxylic acids is 1. The zero-order valence-corrected chi connectivity index (χ0v) is 14.4. The molecule has 2 aromatic heterocycles. The number of H-pyrrole nitrogens is 1. The predicted molar refractivity (Wildman–Crippen MR) is 103 cm³/mol. The van der Waals surface area contributed by atoms with Crippen molar-refractivity contribution in [2.75, 3.05) is 5.32 Å². The van der Waals surface area contributed by atoms with Crippen LogP contribution in [0.3, 0.4) is 0 Å². The van der Waals surface area contributed by atoms with Gasteiger partial charge in [-0.2, -0.15) is 13.2 Å². The van der Waals surface area contributed by atoms with Crippen LogP contribution in [0.2, 0.25) is 0 Å². The van der Waals surface area contributed by atoms with Gasteiger partial charge in [0.15, 0.2) is 0 Å². The van der Waals surface area contributed by atoms with Gasteiger partial charge >= 0.3 is 6.18 Å². The minimum atomic E-state index is -4.41. The first-order valence-corrected chi connectivity index (χ1v) is 8.43. The Kier molecular flexibility index (Phi) is 4.35. The Bertz CT molecular complexity index is 1190. The summed E-state index contributed by atoms with van der Waals surface area (Å²) >= 11 is 0. The van der Waals surface area contributed by atoms with E-state index in [4.69, 9.17) is 0 Å². The Labute approximate surface area is 157 Å². The second kappa shape index (κ2) is 6.84. The molecular formula is C21H14F3N3O. The number of anilines is 1. The molecule has 0 atom stereocenters. The van der Waals surface area contributed by atoms with Crippen LogP contribution in [-0.2, 0) is 11.0 Å². The lowest BCUT2D eigenvalue weighted by atomic mass is 10.1. The average Bonchev–Trinajstić information content (AvgIpc) is 3.04. The van der Waals surface area contributed by atoms with Crippen LogP contribution in [-0.4, -0.2) is 15.9 Å². The Morgan fingerprint density at radius 2 is 1.75 bits per heavy atom. The molecule has 4 nitrogen and oxygen atoms in total. The standard InChI is InChI=1S/C21H14F3N3O/c22-21(23,24)13-5-7-14(8-6-13)26-20(28)10-9-15-11-17-16-3-1-2-4-18(16)27-19(17)12-25-15/h1-12,27H,(H,26,28)/b10-9+. The Morgan fingerprint density at radius 3 is 2.50 bits per heavy atom. The van der Waals surface area contributed by atoms with E-state index >= 15 is 0 Å². The number of aromatic amines is 1. The van der Waals surface area contributed by atoms with Gasteiger partial charge in [0.25, 0.3) is 0 Å². The fourth-order valence-corrected chi connectivity index (χ4v) is 2.94. The first-order chi connectivity index (χ1) is 13.4. The first kappa shape index (κ1) is 17.8. The molecular weight excluding hydrogens is 367 g/mol. The van der Waals surface area contributed by atoms with E-state index in [0.717, 1.165) is 33.9 Å². The molecule has 140 valence electrons. The van der Waals surface area contributed by atoms with Gasteiger partial charge in [0.05, 0.1) is 23.0 Å². The Morgan fingerprint density at radius 1 is 1.00 bits per heavy atom. The fourth-order valence-electron chi connectivity index (χ4n) is 2.94. The summed E-state index contributed by atoms with van der Waals surface area (Å²) in [5, 5.41) is 4.58. The predicted octanol–water partition coefficient (Wildman–Crippen LogP) is 5.39. The molecule has 0 aliphatic rings. The number of para-hydroxylation sites is 1. The highest BCUT2D eigenvalue weighted by Gasteiger charge is 2.29. The van der Waals surface area contributed by atoms with E-state index in [-0.39, 0.29) is 5.69 Å². The number of amides is 1. The van der Waals surface area contributed by atoms with Gasteiger partial charge in [-0.15, -0.1) is 0 Å². The van der Waals surface area contributed by atoms with E-state index in [1.165, 1.54) is 18.2 Å². The van der Waals surface area contributed by atoms with Gasteiger partial charge in [-0.3, -0.25) is 9.78 Å². The lowest BCUT2D eigenvalue weighted by molar-refractivity contribution is -0.137. The number of nitrogens with one attached hydrogen (secondary N) is 2. The van der Waals surface area contributed by atoms with Gasteiger partial charge in [-0.05, 0) is 42.5 Å². The summed E-state index contributed by atoms with van der Waals surface area (Å²) in [5.74, 6) is -0.458. The number of fused-ring (bicyclic) bond motifs is 3. The number of hydrogen-bond acceptors (Lipinski definition) is 2. The quantitative estimate of drug-likeness (QED) is 0.468. The van der Waals surface area contributed by atoms with Crippen molar-refractivity contribution in [2.24, 2.45) is 0 Å².